The molecule has 0 aromatic carbocycles. The highest BCUT2D eigenvalue weighted by molar-refractivity contribution is 4.61. The smallest absolute Gasteiger partial charge is 0.0383 e. The summed E-state index contributed by atoms with van der Waals surface area (Å²) in [6.07, 6.45) is 45.8. The molecule has 0 bridgehead atoms. The van der Waals surface area contributed by atoms with E-state index in [9.17, 15) is 0 Å². The number of hydrogen-bond acceptors (Lipinski definition) is 0. The lowest BCUT2D eigenvalue weighted by atomic mass is 9.89. The maximum absolute atomic E-state index is 2.37. The van der Waals surface area contributed by atoms with Crippen LogP contribution in [0.2, 0.25) is 0 Å². The fraction of sp³-hybridized carbons (Fsp3) is 1.00. The Kier molecular flexibility index (Phi) is 29.6. The van der Waals surface area contributed by atoms with Crippen LogP contribution in [0.1, 0.15) is 227 Å². The summed E-state index contributed by atoms with van der Waals surface area (Å²) in [6, 6.07) is 0. The molecule has 0 aliphatic heterocycles. The van der Waals surface area contributed by atoms with E-state index >= 15 is 0 Å². The van der Waals surface area contributed by atoms with Crippen LogP contribution in [0.4, 0.5) is 0 Å². The molecule has 0 heteroatoms. The van der Waals surface area contributed by atoms with Crippen LogP contribution in [-0.4, -0.2) is 0 Å². The second kappa shape index (κ2) is 29.6. The molecule has 0 amide bonds. The van der Waals surface area contributed by atoms with Crippen molar-refractivity contribution in [3.8, 4) is 0 Å². The number of rotatable bonds is 30. The van der Waals surface area contributed by atoms with E-state index in [1.165, 1.54) is 199 Å². The first-order valence-electron chi connectivity index (χ1n) is 17.6. The molecule has 0 N–H and O–H groups in total. The van der Waals surface area contributed by atoms with Crippen LogP contribution < -0.4 is 0 Å². The Labute approximate surface area is 232 Å². The van der Waals surface area contributed by atoms with E-state index in [4.69, 9.17) is 0 Å². The molecule has 0 radical (unpaired) electrons. The predicted octanol–water partition coefficient (Wildman–Crippen LogP) is 14.1. The Morgan fingerprint density at radius 1 is 0.250 bits per heavy atom. The SMILES string of the molecule is CCCCCCCCCCCCCCCCCCCCCCCCCCCCCCCCC(C)(C)C. The standard InChI is InChI=1S/C36H74/c1-5-6-7-8-9-10-11-12-13-14-15-16-17-18-19-20-21-22-23-24-25-26-27-28-29-30-31-32-33-34-35-36(2,3)4/h5-35H2,1-4H3. The van der Waals surface area contributed by atoms with E-state index in [0.29, 0.717) is 5.41 Å². The Morgan fingerprint density at radius 2 is 0.417 bits per heavy atom. The zero-order valence-corrected chi connectivity index (χ0v) is 26.4. The molecule has 0 aromatic heterocycles. The van der Waals surface area contributed by atoms with Crippen LogP contribution in [0.5, 0.6) is 0 Å². The zero-order valence-electron chi connectivity index (χ0n) is 26.4. The largest absolute Gasteiger partial charge is 0.0654 e. The molecule has 0 rings (SSSR count). The van der Waals surface area contributed by atoms with Crippen LogP contribution in [0.15, 0.2) is 0 Å². The lowest BCUT2D eigenvalue weighted by molar-refractivity contribution is 0.356. The third kappa shape index (κ3) is 34.0. The molecular weight excluding hydrogens is 432 g/mol. The minimum absolute atomic E-state index is 0.533. The fourth-order valence-corrected chi connectivity index (χ4v) is 5.68. The Morgan fingerprint density at radius 3 is 0.583 bits per heavy atom. The van der Waals surface area contributed by atoms with Crippen molar-refractivity contribution in [2.45, 2.75) is 227 Å². The van der Waals surface area contributed by atoms with Gasteiger partial charge in [0.15, 0.2) is 0 Å². The maximum Gasteiger partial charge on any atom is -0.0383 e. The zero-order chi connectivity index (χ0) is 26.4. The van der Waals surface area contributed by atoms with E-state index in [2.05, 4.69) is 27.7 Å². The lowest BCUT2D eigenvalue weighted by Crippen LogP contribution is -2.03. The van der Waals surface area contributed by atoms with Gasteiger partial charge in [-0.15, -0.1) is 0 Å². The van der Waals surface area contributed by atoms with Crippen LogP contribution in [0, 0.1) is 5.41 Å². The molecule has 218 valence electrons. The van der Waals surface area contributed by atoms with Gasteiger partial charge in [-0.3, -0.25) is 0 Å². The summed E-state index contributed by atoms with van der Waals surface area (Å²) in [5.41, 5.74) is 0.533. The highest BCUT2D eigenvalue weighted by Crippen LogP contribution is 2.23. The Bertz CT molecular complexity index is 376. The molecule has 0 aliphatic carbocycles. The van der Waals surface area contributed by atoms with Crippen molar-refractivity contribution in [2.75, 3.05) is 0 Å². The summed E-state index contributed by atoms with van der Waals surface area (Å²) >= 11 is 0. The minimum atomic E-state index is 0.533. The van der Waals surface area contributed by atoms with E-state index < -0.39 is 0 Å². The normalized spacial score (nSPS) is 12.0. The van der Waals surface area contributed by atoms with Gasteiger partial charge in [0.05, 0.1) is 0 Å². The van der Waals surface area contributed by atoms with Gasteiger partial charge in [-0.2, -0.15) is 0 Å². The van der Waals surface area contributed by atoms with E-state index in [-0.39, 0.29) is 0 Å². The third-order valence-electron chi connectivity index (χ3n) is 8.28. The van der Waals surface area contributed by atoms with Gasteiger partial charge in [-0.05, 0) is 11.8 Å². The Balaban J connectivity index is 3.03. The summed E-state index contributed by atoms with van der Waals surface area (Å²) in [5.74, 6) is 0. The van der Waals surface area contributed by atoms with Crippen molar-refractivity contribution in [3.05, 3.63) is 0 Å². The first-order valence-corrected chi connectivity index (χ1v) is 17.6. The highest BCUT2D eigenvalue weighted by atomic mass is 14.1. The summed E-state index contributed by atoms with van der Waals surface area (Å²) in [5, 5.41) is 0. The molecule has 0 atom stereocenters. The minimum Gasteiger partial charge on any atom is -0.0654 e. The monoisotopic (exact) mass is 507 g/mol. The maximum atomic E-state index is 2.37. The molecule has 0 aliphatic rings. The second-order valence-electron chi connectivity index (χ2n) is 13.6. The number of hydrogen-bond donors (Lipinski definition) is 0. The van der Waals surface area contributed by atoms with Crippen LogP contribution in [0.3, 0.4) is 0 Å². The van der Waals surface area contributed by atoms with Crippen molar-refractivity contribution in [1.29, 1.82) is 0 Å². The molecule has 0 spiro atoms. The van der Waals surface area contributed by atoms with Gasteiger partial charge in [0, 0.05) is 0 Å². The molecule has 0 saturated carbocycles. The van der Waals surface area contributed by atoms with E-state index in [0.717, 1.165) is 0 Å². The van der Waals surface area contributed by atoms with Crippen LogP contribution >= 0.6 is 0 Å². The van der Waals surface area contributed by atoms with Gasteiger partial charge < -0.3 is 0 Å². The second-order valence-corrected chi connectivity index (χ2v) is 13.6. The lowest BCUT2D eigenvalue weighted by Gasteiger charge is -2.17. The van der Waals surface area contributed by atoms with E-state index in [1.54, 1.807) is 0 Å². The number of unbranched alkanes of at least 4 members (excludes halogenated alkanes) is 29. The summed E-state index contributed by atoms with van der Waals surface area (Å²) in [4.78, 5) is 0. The molecule has 0 saturated heterocycles. The van der Waals surface area contributed by atoms with Gasteiger partial charge in [-0.25, -0.2) is 0 Å². The van der Waals surface area contributed by atoms with Crippen molar-refractivity contribution in [3.63, 3.8) is 0 Å². The average Bonchev–Trinajstić information content (AvgIpc) is 2.84. The molecule has 0 nitrogen and oxygen atoms in total. The van der Waals surface area contributed by atoms with Gasteiger partial charge in [-0.1, -0.05) is 220 Å². The predicted molar refractivity (Wildman–Crippen MR) is 168 cm³/mol. The highest BCUT2D eigenvalue weighted by Gasteiger charge is 2.08. The first kappa shape index (κ1) is 36.0. The van der Waals surface area contributed by atoms with Crippen molar-refractivity contribution < 1.29 is 0 Å². The average molecular weight is 507 g/mol. The molecule has 36 heavy (non-hydrogen) atoms. The first-order chi connectivity index (χ1) is 17.6. The molecule has 0 heterocycles. The molecular formula is C36H74. The van der Waals surface area contributed by atoms with Gasteiger partial charge >= 0.3 is 0 Å². The van der Waals surface area contributed by atoms with Crippen molar-refractivity contribution >= 4 is 0 Å². The van der Waals surface area contributed by atoms with Crippen LogP contribution in [0.25, 0.3) is 0 Å². The summed E-state index contributed by atoms with van der Waals surface area (Å²) < 4.78 is 0. The molecule has 0 fully saturated rings. The summed E-state index contributed by atoms with van der Waals surface area (Å²) in [6.45, 7) is 9.42. The van der Waals surface area contributed by atoms with E-state index in [1.807, 2.05) is 0 Å². The van der Waals surface area contributed by atoms with Crippen LogP contribution in [-0.2, 0) is 0 Å². The van der Waals surface area contributed by atoms with Gasteiger partial charge in [0.25, 0.3) is 0 Å². The Hall–Kier alpha value is 0. The van der Waals surface area contributed by atoms with Crippen molar-refractivity contribution in [2.24, 2.45) is 5.41 Å². The quantitative estimate of drug-likeness (QED) is 0.0849. The van der Waals surface area contributed by atoms with Gasteiger partial charge in [0.1, 0.15) is 0 Å². The summed E-state index contributed by atoms with van der Waals surface area (Å²) in [7, 11) is 0. The molecule has 0 aromatic rings. The fourth-order valence-electron chi connectivity index (χ4n) is 5.68. The topological polar surface area (TPSA) is 0 Å². The van der Waals surface area contributed by atoms with Crippen molar-refractivity contribution in [1.82, 2.24) is 0 Å². The molecule has 0 unspecified atom stereocenters. The third-order valence-corrected chi connectivity index (χ3v) is 8.28. The van der Waals surface area contributed by atoms with Gasteiger partial charge in [0.2, 0.25) is 0 Å².